The Kier molecular flexibility index (Phi) is 2.78. The Bertz CT molecular complexity index is 447. The molecule has 0 amide bonds. The van der Waals surface area contributed by atoms with Gasteiger partial charge in [-0.25, -0.2) is 0 Å². The molecule has 10 unspecified atom stereocenters. The van der Waals surface area contributed by atoms with Gasteiger partial charge in [-0.3, -0.25) is 0 Å². The van der Waals surface area contributed by atoms with Crippen molar-refractivity contribution in [2.75, 3.05) is 13.2 Å². The Morgan fingerprint density at radius 1 is 0.905 bits per heavy atom. The summed E-state index contributed by atoms with van der Waals surface area (Å²) in [6.07, 6.45) is 8.77. The molecule has 0 spiro atoms. The lowest BCUT2D eigenvalue weighted by Crippen LogP contribution is -2.39. The first-order valence-electron chi connectivity index (χ1n) is 9.15. The van der Waals surface area contributed by atoms with Crippen LogP contribution in [-0.2, 0) is 4.74 Å². The summed E-state index contributed by atoms with van der Waals surface area (Å²) >= 11 is 0. The van der Waals surface area contributed by atoms with Gasteiger partial charge in [-0.2, -0.15) is 0 Å². The Morgan fingerprint density at radius 3 is 2.38 bits per heavy atom. The van der Waals surface area contributed by atoms with Crippen molar-refractivity contribution in [3.8, 4) is 0 Å². The highest BCUT2D eigenvalue weighted by Crippen LogP contribution is 2.74. The maximum Gasteiger partial charge on any atom is 0.0901 e. The van der Waals surface area contributed by atoms with E-state index in [0.29, 0.717) is 12.5 Å². The molecule has 0 heterocycles. The number of rotatable bonds is 4. The van der Waals surface area contributed by atoms with Gasteiger partial charge >= 0.3 is 0 Å². The largest absolute Gasteiger partial charge is 0.502 e. The number of fused-ring (bicyclic) bond motifs is 12. The zero-order valence-electron chi connectivity index (χ0n) is 12.9. The fourth-order valence-electron chi connectivity index (χ4n) is 8.12. The van der Waals surface area contributed by atoms with Gasteiger partial charge in [0.2, 0.25) is 0 Å². The molecular formula is C19H28O2. The Morgan fingerprint density at radius 2 is 1.67 bits per heavy atom. The van der Waals surface area contributed by atoms with Crippen LogP contribution in [0.5, 0.6) is 0 Å². The molecule has 5 aliphatic carbocycles. The predicted molar refractivity (Wildman–Crippen MR) is 81.2 cm³/mol. The molecule has 0 saturated heterocycles. The van der Waals surface area contributed by atoms with Gasteiger partial charge < -0.3 is 9.84 Å². The molecule has 0 aromatic rings. The number of hydrogen-bond acceptors (Lipinski definition) is 2. The van der Waals surface area contributed by atoms with Crippen LogP contribution in [0.2, 0.25) is 0 Å². The highest BCUT2D eigenvalue weighted by atomic mass is 16.5. The molecule has 2 nitrogen and oxygen atoms in total. The second-order valence-electron chi connectivity index (χ2n) is 8.72. The summed E-state index contributed by atoms with van der Waals surface area (Å²) in [7, 11) is 0. The third-order valence-corrected chi connectivity index (χ3v) is 8.35. The van der Waals surface area contributed by atoms with Crippen molar-refractivity contribution in [3.05, 3.63) is 12.8 Å². The summed E-state index contributed by atoms with van der Waals surface area (Å²) in [6, 6.07) is 0. The molecule has 0 aromatic heterocycles. The SMILES string of the molecule is C=COCC1CC2C(C1)C1CC2C2C3CC(CO)C(C3)C12. The van der Waals surface area contributed by atoms with Crippen molar-refractivity contribution in [3.63, 3.8) is 0 Å². The van der Waals surface area contributed by atoms with Crippen molar-refractivity contribution in [1.82, 2.24) is 0 Å². The second-order valence-corrected chi connectivity index (χ2v) is 8.72. The average Bonchev–Trinajstić information content (AvgIpc) is 3.23. The van der Waals surface area contributed by atoms with Gasteiger partial charge in [0.05, 0.1) is 12.9 Å². The lowest BCUT2D eigenvalue weighted by Gasteiger charge is -2.43. The molecule has 0 radical (unpaired) electrons. The minimum absolute atomic E-state index is 0.450. The lowest BCUT2D eigenvalue weighted by molar-refractivity contribution is 0.0293. The van der Waals surface area contributed by atoms with Crippen LogP contribution in [0.15, 0.2) is 12.8 Å². The van der Waals surface area contributed by atoms with Gasteiger partial charge in [-0.05, 0) is 91.3 Å². The van der Waals surface area contributed by atoms with Crippen molar-refractivity contribution >= 4 is 0 Å². The smallest absolute Gasteiger partial charge is 0.0901 e. The molecule has 5 saturated carbocycles. The highest BCUT2D eigenvalue weighted by molar-refractivity contribution is 5.16. The average molecular weight is 288 g/mol. The maximum absolute atomic E-state index is 9.68. The van der Waals surface area contributed by atoms with Crippen LogP contribution in [0.4, 0.5) is 0 Å². The molecule has 5 aliphatic rings. The van der Waals surface area contributed by atoms with Crippen LogP contribution in [0.1, 0.15) is 32.1 Å². The number of aliphatic hydroxyl groups excluding tert-OH is 1. The quantitative estimate of drug-likeness (QED) is 0.635. The Labute approximate surface area is 127 Å². The van der Waals surface area contributed by atoms with Gasteiger partial charge in [-0.1, -0.05) is 6.58 Å². The summed E-state index contributed by atoms with van der Waals surface area (Å²) in [5.74, 6) is 9.37. The first kappa shape index (κ1) is 13.0. The van der Waals surface area contributed by atoms with Crippen LogP contribution >= 0.6 is 0 Å². The van der Waals surface area contributed by atoms with E-state index in [1.807, 2.05) is 0 Å². The van der Waals surface area contributed by atoms with Crippen LogP contribution in [0, 0.1) is 59.2 Å². The fourth-order valence-corrected chi connectivity index (χ4v) is 8.12. The molecule has 10 atom stereocenters. The van der Waals surface area contributed by atoms with Crippen LogP contribution in [0.25, 0.3) is 0 Å². The summed E-state index contributed by atoms with van der Waals surface area (Å²) in [4.78, 5) is 0. The zero-order valence-corrected chi connectivity index (χ0v) is 12.9. The van der Waals surface area contributed by atoms with E-state index in [0.717, 1.165) is 59.9 Å². The van der Waals surface area contributed by atoms with E-state index in [4.69, 9.17) is 4.74 Å². The number of aliphatic hydroxyl groups is 1. The number of hydrogen-bond donors (Lipinski definition) is 1. The van der Waals surface area contributed by atoms with E-state index in [9.17, 15) is 5.11 Å². The molecule has 0 aromatic carbocycles. The van der Waals surface area contributed by atoms with Gasteiger partial charge in [0, 0.05) is 6.61 Å². The van der Waals surface area contributed by atoms with E-state index in [1.54, 1.807) is 6.26 Å². The molecular weight excluding hydrogens is 260 g/mol. The van der Waals surface area contributed by atoms with Crippen LogP contribution in [-0.4, -0.2) is 18.3 Å². The lowest BCUT2D eigenvalue weighted by atomic mass is 9.62. The standard InChI is InChI=1S/C19H28O2/c1-2-21-9-10-3-14-15(4-10)17-7-16(14)18-11-5-12(8-20)13(6-11)19(17)18/h2,10-20H,1,3-9H2. The first-order chi connectivity index (χ1) is 10.3. The second kappa shape index (κ2) is 4.50. The van der Waals surface area contributed by atoms with Gasteiger partial charge in [0.25, 0.3) is 0 Å². The van der Waals surface area contributed by atoms with Gasteiger partial charge in [0.15, 0.2) is 0 Å². The third-order valence-electron chi connectivity index (χ3n) is 8.35. The molecule has 5 rings (SSSR count). The molecule has 4 bridgehead atoms. The minimum atomic E-state index is 0.450. The van der Waals surface area contributed by atoms with Crippen molar-refractivity contribution < 1.29 is 9.84 Å². The molecule has 2 heteroatoms. The summed E-state index contributed by atoms with van der Waals surface area (Å²) in [6.45, 7) is 5.03. The van der Waals surface area contributed by atoms with Gasteiger partial charge in [0.1, 0.15) is 0 Å². The normalized spacial score (nSPS) is 59.3. The molecule has 1 N–H and O–H groups in total. The summed E-state index contributed by atoms with van der Waals surface area (Å²) in [5, 5.41) is 9.68. The molecule has 5 fully saturated rings. The topological polar surface area (TPSA) is 29.5 Å². The Hall–Kier alpha value is -0.500. The Balaban J connectivity index is 1.36. The minimum Gasteiger partial charge on any atom is -0.502 e. The monoisotopic (exact) mass is 288 g/mol. The van der Waals surface area contributed by atoms with Crippen molar-refractivity contribution in [2.45, 2.75) is 32.1 Å². The van der Waals surface area contributed by atoms with E-state index in [2.05, 4.69) is 6.58 Å². The molecule has 0 aliphatic heterocycles. The number of ether oxygens (including phenoxy) is 1. The maximum atomic E-state index is 9.68. The molecule has 21 heavy (non-hydrogen) atoms. The van der Waals surface area contributed by atoms with E-state index < -0.39 is 0 Å². The van der Waals surface area contributed by atoms with E-state index >= 15 is 0 Å². The van der Waals surface area contributed by atoms with Gasteiger partial charge in [-0.15, -0.1) is 0 Å². The highest BCUT2D eigenvalue weighted by Gasteiger charge is 2.68. The predicted octanol–water partition coefficient (Wildman–Crippen LogP) is 3.32. The zero-order chi connectivity index (χ0) is 14.1. The van der Waals surface area contributed by atoms with Crippen LogP contribution < -0.4 is 0 Å². The summed E-state index contributed by atoms with van der Waals surface area (Å²) < 4.78 is 5.49. The van der Waals surface area contributed by atoms with E-state index in [1.165, 1.54) is 32.1 Å². The third kappa shape index (κ3) is 1.58. The molecule has 116 valence electrons. The van der Waals surface area contributed by atoms with E-state index in [-0.39, 0.29) is 0 Å². The van der Waals surface area contributed by atoms with Crippen LogP contribution in [0.3, 0.4) is 0 Å². The fraction of sp³-hybridized carbons (Fsp3) is 0.895. The van der Waals surface area contributed by atoms with Crippen molar-refractivity contribution in [2.24, 2.45) is 59.2 Å². The first-order valence-corrected chi connectivity index (χ1v) is 9.15. The summed E-state index contributed by atoms with van der Waals surface area (Å²) in [5.41, 5.74) is 0. The van der Waals surface area contributed by atoms with Crippen molar-refractivity contribution in [1.29, 1.82) is 0 Å².